The maximum atomic E-state index is 12.6. The molecule has 1 amide bonds. The van der Waals surface area contributed by atoms with Gasteiger partial charge in [-0.2, -0.15) is 0 Å². The standard InChI is InChI=1S/C25H28N2O3S/c1-18(2)17-20-9-11-21(12-10-20)19(3)26-25(28)22-13-15-23(16-14-22)27-31(29,30)24-7-5-4-6-8-24/h4-16,18-19,27H,17H2,1-3H3,(H,26,28). The SMILES string of the molecule is CC(C)Cc1ccc(C(C)NC(=O)c2ccc(NS(=O)(=O)c3ccccc3)cc2)cc1. The molecule has 0 radical (unpaired) electrons. The first-order chi connectivity index (χ1) is 14.7. The highest BCUT2D eigenvalue weighted by Crippen LogP contribution is 2.19. The van der Waals surface area contributed by atoms with Gasteiger partial charge >= 0.3 is 0 Å². The average Bonchev–Trinajstić information content (AvgIpc) is 2.74. The zero-order valence-electron chi connectivity index (χ0n) is 18.0. The van der Waals surface area contributed by atoms with Crippen LogP contribution in [0.15, 0.2) is 83.8 Å². The van der Waals surface area contributed by atoms with Gasteiger partial charge in [-0.05, 0) is 66.8 Å². The first-order valence-corrected chi connectivity index (χ1v) is 11.8. The first-order valence-electron chi connectivity index (χ1n) is 10.3. The van der Waals surface area contributed by atoms with Crippen LogP contribution in [0.4, 0.5) is 5.69 Å². The van der Waals surface area contributed by atoms with Crippen molar-refractivity contribution in [2.75, 3.05) is 4.72 Å². The van der Waals surface area contributed by atoms with Crippen LogP contribution >= 0.6 is 0 Å². The van der Waals surface area contributed by atoms with Gasteiger partial charge in [0.2, 0.25) is 0 Å². The quantitative estimate of drug-likeness (QED) is 0.511. The fourth-order valence-electron chi connectivity index (χ4n) is 3.28. The van der Waals surface area contributed by atoms with E-state index in [1.54, 1.807) is 42.5 Å². The maximum Gasteiger partial charge on any atom is 0.261 e. The molecular weight excluding hydrogens is 408 g/mol. The van der Waals surface area contributed by atoms with E-state index in [1.165, 1.54) is 17.7 Å². The average molecular weight is 437 g/mol. The number of benzene rings is 3. The van der Waals surface area contributed by atoms with Crippen LogP contribution in [-0.4, -0.2) is 14.3 Å². The van der Waals surface area contributed by atoms with E-state index in [0.29, 0.717) is 17.2 Å². The molecule has 2 N–H and O–H groups in total. The van der Waals surface area contributed by atoms with Gasteiger partial charge in [-0.25, -0.2) is 8.42 Å². The summed E-state index contributed by atoms with van der Waals surface area (Å²) < 4.78 is 27.4. The summed E-state index contributed by atoms with van der Waals surface area (Å²) in [6, 6.07) is 22.7. The lowest BCUT2D eigenvalue weighted by atomic mass is 10.00. The van der Waals surface area contributed by atoms with Crippen LogP contribution in [-0.2, 0) is 16.4 Å². The summed E-state index contributed by atoms with van der Waals surface area (Å²) in [7, 11) is -3.66. The van der Waals surface area contributed by atoms with Crippen LogP contribution in [0.2, 0.25) is 0 Å². The van der Waals surface area contributed by atoms with Crippen molar-refractivity contribution < 1.29 is 13.2 Å². The Morgan fingerprint density at radius 1 is 0.839 bits per heavy atom. The van der Waals surface area contributed by atoms with Crippen LogP contribution < -0.4 is 10.0 Å². The Morgan fingerprint density at radius 3 is 2.03 bits per heavy atom. The molecule has 0 aromatic heterocycles. The fourth-order valence-corrected chi connectivity index (χ4v) is 4.36. The van der Waals surface area contributed by atoms with E-state index in [9.17, 15) is 13.2 Å². The number of amides is 1. The molecule has 0 saturated heterocycles. The van der Waals surface area contributed by atoms with E-state index in [1.807, 2.05) is 19.1 Å². The molecule has 0 fully saturated rings. The highest BCUT2D eigenvalue weighted by Gasteiger charge is 2.15. The predicted molar refractivity (Wildman–Crippen MR) is 125 cm³/mol. The van der Waals surface area contributed by atoms with Crippen molar-refractivity contribution in [1.29, 1.82) is 0 Å². The predicted octanol–water partition coefficient (Wildman–Crippen LogP) is 5.18. The topological polar surface area (TPSA) is 75.3 Å². The molecule has 3 rings (SSSR count). The Morgan fingerprint density at radius 2 is 1.45 bits per heavy atom. The second-order valence-corrected chi connectivity index (χ2v) is 9.71. The third kappa shape index (κ3) is 6.18. The summed E-state index contributed by atoms with van der Waals surface area (Å²) in [5.74, 6) is 0.388. The van der Waals surface area contributed by atoms with Crippen molar-refractivity contribution in [2.45, 2.75) is 38.1 Å². The molecule has 3 aromatic rings. The molecule has 0 aliphatic heterocycles. The molecule has 0 aliphatic carbocycles. The molecule has 0 heterocycles. The molecule has 1 atom stereocenters. The van der Waals surface area contributed by atoms with Gasteiger partial charge in [0.05, 0.1) is 10.9 Å². The van der Waals surface area contributed by atoms with Gasteiger partial charge < -0.3 is 5.32 Å². The number of carbonyl (C=O) groups excluding carboxylic acids is 1. The van der Waals surface area contributed by atoms with Crippen LogP contribution in [0, 0.1) is 5.92 Å². The normalized spacial score (nSPS) is 12.4. The Hall–Kier alpha value is -3.12. The van der Waals surface area contributed by atoms with Crippen molar-refractivity contribution in [3.63, 3.8) is 0 Å². The Balaban J connectivity index is 1.62. The van der Waals surface area contributed by atoms with Gasteiger partial charge in [-0.3, -0.25) is 9.52 Å². The maximum absolute atomic E-state index is 12.6. The van der Waals surface area contributed by atoms with Crippen molar-refractivity contribution in [2.24, 2.45) is 5.92 Å². The highest BCUT2D eigenvalue weighted by molar-refractivity contribution is 7.92. The lowest BCUT2D eigenvalue weighted by molar-refractivity contribution is 0.0940. The van der Waals surface area contributed by atoms with Crippen molar-refractivity contribution in [3.05, 3.63) is 95.6 Å². The smallest absolute Gasteiger partial charge is 0.261 e. The Labute approximate surface area is 184 Å². The van der Waals surface area contributed by atoms with E-state index in [0.717, 1.165) is 12.0 Å². The van der Waals surface area contributed by atoms with E-state index in [4.69, 9.17) is 0 Å². The monoisotopic (exact) mass is 436 g/mol. The third-order valence-electron chi connectivity index (χ3n) is 4.92. The minimum atomic E-state index is -3.66. The van der Waals surface area contributed by atoms with Crippen LogP contribution in [0.1, 0.15) is 48.3 Å². The zero-order chi connectivity index (χ0) is 22.4. The van der Waals surface area contributed by atoms with E-state index in [-0.39, 0.29) is 16.8 Å². The van der Waals surface area contributed by atoms with Gasteiger partial charge in [0.1, 0.15) is 0 Å². The minimum absolute atomic E-state index is 0.142. The molecule has 5 nitrogen and oxygen atoms in total. The van der Waals surface area contributed by atoms with Crippen LogP contribution in [0.5, 0.6) is 0 Å². The summed E-state index contributed by atoms with van der Waals surface area (Å²) >= 11 is 0. The molecule has 162 valence electrons. The molecule has 31 heavy (non-hydrogen) atoms. The van der Waals surface area contributed by atoms with Crippen molar-refractivity contribution in [3.8, 4) is 0 Å². The van der Waals surface area contributed by atoms with Gasteiger partial charge in [-0.1, -0.05) is 56.3 Å². The van der Waals surface area contributed by atoms with E-state index < -0.39 is 10.0 Å². The van der Waals surface area contributed by atoms with Gasteiger partial charge in [0.15, 0.2) is 0 Å². The van der Waals surface area contributed by atoms with E-state index in [2.05, 4.69) is 36.0 Å². The number of hydrogen-bond donors (Lipinski definition) is 2. The second kappa shape index (κ2) is 9.79. The molecule has 0 bridgehead atoms. The molecule has 0 saturated carbocycles. The van der Waals surface area contributed by atoms with Crippen molar-refractivity contribution in [1.82, 2.24) is 5.32 Å². The highest BCUT2D eigenvalue weighted by atomic mass is 32.2. The summed E-state index contributed by atoms with van der Waals surface area (Å²) in [6.07, 6.45) is 1.03. The van der Waals surface area contributed by atoms with Gasteiger partial charge in [0.25, 0.3) is 15.9 Å². The zero-order valence-corrected chi connectivity index (χ0v) is 18.8. The number of hydrogen-bond acceptors (Lipinski definition) is 3. The molecule has 0 spiro atoms. The molecule has 1 unspecified atom stereocenters. The lowest BCUT2D eigenvalue weighted by Crippen LogP contribution is -2.26. The molecule has 3 aromatic carbocycles. The number of carbonyl (C=O) groups is 1. The third-order valence-corrected chi connectivity index (χ3v) is 6.32. The molecular formula is C25H28N2O3S. The summed E-state index contributed by atoms with van der Waals surface area (Å²) in [4.78, 5) is 12.8. The van der Waals surface area contributed by atoms with E-state index >= 15 is 0 Å². The Kier molecular flexibility index (Phi) is 7.13. The molecule has 0 aliphatic rings. The van der Waals surface area contributed by atoms with Crippen LogP contribution in [0.3, 0.4) is 0 Å². The number of anilines is 1. The largest absolute Gasteiger partial charge is 0.346 e. The lowest BCUT2D eigenvalue weighted by Gasteiger charge is -2.16. The number of sulfonamides is 1. The van der Waals surface area contributed by atoms with Gasteiger partial charge in [0, 0.05) is 11.3 Å². The van der Waals surface area contributed by atoms with Crippen LogP contribution in [0.25, 0.3) is 0 Å². The number of rotatable bonds is 8. The number of nitrogens with one attached hydrogen (secondary N) is 2. The second-order valence-electron chi connectivity index (χ2n) is 8.03. The van der Waals surface area contributed by atoms with Gasteiger partial charge in [-0.15, -0.1) is 0 Å². The Bertz CT molecular complexity index is 1110. The summed E-state index contributed by atoms with van der Waals surface area (Å²) in [5, 5.41) is 2.99. The molecule has 6 heteroatoms. The fraction of sp³-hybridized carbons (Fsp3) is 0.240. The summed E-state index contributed by atoms with van der Waals surface area (Å²) in [6.45, 7) is 6.32. The summed E-state index contributed by atoms with van der Waals surface area (Å²) in [5.41, 5.74) is 3.18. The first kappa shape index (κ1) is 22.6. The van der Waals surface area contributed by atoms with Crippen molar-refractivity contribution >= 4 is 21.6 Å². The minimum Gasteiger partial charge on any atom is -0.346 e.